The van der Waals surface area contributed by atoms with Crippen LogP contribution < -0.4 is 5.32 Å². The van der Waals surface area contributed by atoms with E-state index in [-0.39, 0.29) is 6.03 Å². The standard InChI is InChI=1S/C16H25N3O3/c1-4-22-15(20)14-8-13(9-17-14)18-16(21)19-6-5-11(2)7-12(3)10-19/h8-9,11-12,17H,4-7,10H2,1-3H3,(H,18,21). The van der Waals surface area contributed by atoms with Gasteiger partial charge >= 0.3 is 12.0 Å². The van der Waals surface area contributed by atoms with Crippen molar-refractivity contribution in [1.82, 2.24) is 9.88 Å². The number of aromatic amines is 1. The normalized spacial score (nSPS) is 22.0. The Bertz CT molecular complexity index is 526. The molecule has 1 saturated heterocycles. The van der Waals surface area contributed by atoms with Gasteiger partial charge in [0.2, 0.25) is 0 Å². The summed E-state index contributed by atoms with van der Waals surface area (Å²) in [4.78, 5) is 28.6. The SMILES string of the molecule is CCOC(=O)c1cc(NC(=O)N2CCC(C)CC(C)C2)c[nH]1. The van der Waals surface area contributed by atoms with Crippen molar-refractivity contribution >= 4 is 17.7 Å². The highest BCUT2D eigenvalue weighted by atomic mass is 16.5. The summed E-state index contributed by atoms with van der Waals surface area (Å²) in [6, 6.07) is 1.48. The summed E-state index contributed by atoms with van der Waals surface area (Å²) in [7, 11) is 0. The number of carbonyl (C=O) groups is 2. The summed E-state index contributed by atoms with van der Waals surface area (Å²) in [5.74, 6) is 0.736. The fraction of sp³-hybridized carbons (Fsp3) is 0.625. The summed E-state index contributed by atoms with van der Waals surface area (Å²) < 4.78 is 4.91. The second-order valence-electron chi connectivity index (χ2n) is 6.13. The third-order valence-electron chi connectivity index (χ3n) is 3.95. The second kappa shape index (κ2) is 7.33. The van der Waals surface area contributed by atoms with Crippen molar-refractivity contribution < 1.29 is 14.3 Å². The summed E-state index contributed by atoms with van der Waals surface area (Å²) in [6.07, 6.45) is 3.79. The summed E-state index contributed by atoms with van der Waals surface area (Å²) in [5.41, 5.74) is 0.924. The number of H-pyrrole nitrogens is 1. The van der Waals surface area contributed by atoms with Crippen LogP contribution in [0, 0.1) is 11.8 Å². The molecule has 0 bridgehead atoms. The summed E-state index contributed by atoms with van der Waals surface area (Å²) >= 11 is 0. The molecule has 1 aliphatic rings. The molecular formula is C16H25N3O3. The molecule has 0 radical (unpaired) electrons. The predicted molar refractivity (Wildman–Crippen MR) is 84.9 cm³/mol. The third-order valence-corrected chi connectivity index (χ3v) is 3.95. The maximum Gasteiger partial charge on any atom is 0.354 e. The molecule has 1 aromatic rings. The molecule has 0 saturated carbocycles. The molecule has 22 heavy (non-hydrogen) atoms. The van der Waals surface area contributed by atoms with E-state index in [1.54, 1.807) is 19.2 Å². The first-order valence-corrected chi connectivity index (χ1v) is 7.91. The van der Waals surface area contributed by atoms with Gasteiger partial charge in [0.15, 0.2) is 0 Å². The minimum atomic E-state index is -0.416. The molecule has 2 amide bonds. The summed E-state index contributed by atoms with van der Waals surface area (Å²) in [5, 5.41) is 2.84. The van der Waals surface area contributed by atoms with Crippen LogP contribution in [0.3, 0.4) is 0 Å². The van der Waals surface area contributed by atoms with Crippen molar-refractivity contribution in [3.63, 3.8) is 0 Å². The van der Waals surface area contributed by atoms with Crippen LogP contribution in [0.4, 0.5) is 10.5 Å². The van der Waals surface area contributed by atoms with E-state index >= 15 is 0 Å². The van der Waals surface area contributed by atoms with Gasteiger partial charge in [-0.05, 0) is 37.7 Å². The van der Waals surface area contributed by atoms with Crippen LogP contribution in [0.25, 0.3) is 0 Å². The lowest BCUT2D eigenvalue weighted by atomic mass is 9.97. The zero-order valence-corrected chi connectivity index (χ0v) is 13.5. The number of nitrogens with one attached hydrogen (secondary N) is 2. The van der Waals surface area contributed by atoms with E-state index in [0.717, 1.165) is 25.9 Å². The van der Waals surface area contributed by atoms with Crippen molar-refractivity contribution in [3.8, 4) is 0 Å². The van der Waals surface area contributed by atoms with Crippen molar-refractivity contribution in [2.75, 3.05) is 25.0 Å². The van der Waals surface area contributed by atoms with Gasteiger partial charge in [-0.2, -0.15) is 0 Å². The first-order valence-electron chi connectivity index (χ1n) is 7.91. The average molecular weight is 307 g/mol. The van der Waals surface area contributed by atoms with Gasteiger partial charge in [0.05, 0.1) is 12.3 Å². The van der Waals surface area contributed by atoms with E-state index in [4.69, 9.17) is 4.74 Å². The fourth-order valence-electron chi connectivity index (χ4n) is 2.90. The van der Waals surface area contributed by atoms with E-state index < -0.39 is 5.97 Å². The minimum Gasteiger partial charge on any atom is -0.461 e. The van der Waals surface area contributed by atoms with Gasteiger partial charge in [-0.3, -0.25) is 0 Å². The number of urea groups is 1. The highest BCUT2D eigenvalue weighted by Gasteiger charge is 2.23. The number of ether oxygens (including phenoxy) is 1. The number of hydrogen-bond acceptors (Lipinski definition) is 3. The maximum atomic E-state index is 12.4. The predicted octanol–water partition coefficient (Wildman–Crippen LogP) is 3.09. The van der Waals surface area contributed by atoms with Gasteiger partial charge in [-0.25, -0.2) is 9.59 Å². The molecule has 6 heteroatoms. The van der Waals surface area contributed by atoms with Gasteiger partial charge in [-0.15, -0.1) is 0 Å². The zero-order valence-electron chi connectivity index (χ0n) is 13.5. The fourth-order valence-corrected chi connectivity index (χ4v) is 2.90. The molecule has 2 rings (SSSR count). The number of nitrogens with zero attached hydrogens (tertiary/aromatic N) is 1. The van der Waals surface area contributed by atoms with Crippen LogP contribution in [-0.4, -0.2) is 41.6 Å². The highest BCUT2D eigenvalue weighted by molar-refractivity contribution is 5.93. The number of anilines is 1. The highest BCUT2D eigenvalue weighted by Crippen LogP contribution is 2.22. The number of rotatable bonds is 3. The average Bonchev–Trinajstić information content (AvgIpc) is 2.84. The first-order chi connectivity index (χ1) is 10.5. The van der Waals surface area contributed by atoms with Crippen molar-refractivity contribution in [3.05, 3.63) is 18.0 Å². The first kappa shape index (κ1) is 16.4. The number of likely N-dealkylation sites (tertiary alicyclic amines) is 1. The molecule has 2 unspecified atom stereocenters. The van der Waals surface area contributed by atoms with Crippen LogP contribution in [0.1, 0.15) is 44.1 Å². The molecule has 0 aliphatic carbocycles. The molecular weight excluding hydrogens is 282 g/mol. The van der Waals surface area contributed by atoms with E-state index in [1.807, 2.05) is 4.90 Å². The molecule has 2 atom stereocenters. The molecule has 0 aromatic carbocycles. The molecule has 6 nitrogen and oxygen atoms in total. The van der Waals surface area contributed by atoms with E-state index in [9.17, 15) is 9.59 Å². The van der Waals surface area contributed by atoms with Crippen molar-refractivity contribution in [2.24, 2.45) is 11.8 Å². The lowest BCUT2D eigenvalue weighted by Gasteiger charge is -2.22. The van der Waals surface area contributed by atoms with E-state index in [2.05, 4.69) is 24.1 Å². The van der Waals surface area contributed by atoms with E-state index in [0.29, 0.717) is 29.8 Å². The Morgan fingerprint density at radius 3 is 2.91 bits per heavy atom. The Labute approximate surface area is 131 Å². The topological polar surface area (TPSA) is 74.4 Å². The van der Waals surface area contributed by atoms with Crippen molar-refractivity contribution in [1.29, 1.82) is 0 Å². The molecule has 2 heterocycles. The maximum absolute atomic E-state index is 12.4. The number of amides is 2. The van der Waals surface area contributed by atoms with Crippen LogP contribution in [0.15, 0.2) is 12.3 Å². The molecule has 1 aliphatic heterocycles. The molecule has 2 N–H and O–H groups in total. The van der Waals surface area contributed by atoms with Crippen molar-refractivity contribution in [2.45, 2.75) is 33.6 Å². The Hall–Kier alpha value is -1.98. The van der Waals surface area contributed by atoms with Crippen LogP contribution in [-0.2, 0) is 4.74 Å². The Kier molecular flexibility index (Phi) is 5.46. The smallest absolute Gasteiger partial charge is 0.354 e. The summed E-state index contributed by atoms with van der Waals surface area (Å²) in [6.45, 7) is 8.03. The number of aromatic nitrogens is 1. The third kappa shape index (κ3) is 4.26. The zero-order chi connectivity index (χ0) is 16.1. The van der Waals surface area contributed by atoms with Crippen LogP contribution >= 0.6 is 0 Å². The lowest BCUT2D eigenvalue weighted by molar-refractivity contribution is 0.0520. The molecule has 0 spiro atoms. The van der Waals surface area contributed by atoms with Gasteiger partial charge in [0, 0.05) is 19.3 Å². The number of hydrogen-bond donors (Lipinski definition) is 2. The number of carbonyl (C=O) groups excluding carboxylic acids is 2. The van der Waals surface area contributed by atoms with Gasteiger partial charge in [0.25, 0.3) is 0 Å². The quantitative estimate of drug-likeness (QED) is 0.843. The van der Waals surface area contributed by atoms with Gasteiger partial charge < -0.3 is 19.9 Å². The van der Waals surface area contributed by atoms with E-state index in [1.165, 1.54) is 0 Å². The second-order valence-corrected chi connectivity index (χ2v) is 6.13. The van der Waals surface area contributed by atoms with Gasteiger partial charge in [0.1, 0.15) is 5.69 Å². The largest absolute Gasteiger partial charge is 0.461 e. The Balaban J connectivity index is 1.95. The molecule has 1 fully saturated rings. The number of esters is 1. The Morgan fingerprint density at radius 2 is 2.18 bits per heavy atom. The lowest BCUT2D eigenvalue weighted by Crippen LogP contribution is -2.37. The Morgan fingerprint density at radius 1 is 1.41 bits per heavy atom. The molecule has 122 valence electrons. The van der Waals surface area contributed by atoms with Crippen LogP contribution in [0.2, 0.25) is 0 Å². The molecule has 1 aromatic heterocycles. The van der Waals surface area contributed by atoms with Gasteiger partial charge in [-0.1, -0.05) is 13.8 Å². The minimum absolute atomic E-state index is 0.115. The van der Waals surface area contributed by atoms with Crippen LogP contribution in [0.5, 0.6) is 0 Å². The monoisotopic (exact) mass is 307 g/mol.